The van der Waals surface area contributed by atoms with Crippen molar-refractivity contribution < 1.29 is 13.9 Å². The van der Waals surface area contributed by atoms with Crippen molar-refractivity contribution in [1.29, 1.82) is 0 Å². The minimum atomic E-state index is -0.392. The summed E-state index contributed by atoms with van der Waals surface area (Å²) in [5.74, 6) is -0.306. The van der Waals surface area contributed by atoms with Crippen LogP contribution in [0, 0.1) is 5.82 Å². The second-order valence-corrected chi connectivity index (χ2v) is 5.60. The Labute approximate surface area is 140 Å². The van der Waals surface area contributed by atoms with Crippen molar-refractivity contribution in [3.05, 3.63) is 78.1 Å². The van der Waals surface area contributed by atoms with Crippen LogP contribution in [0.25, 0.3) is 10.8 Å². The van der Waals surface area contributed by atoms with Crippen molar-refractivity contribution in [2.75, 3.05) is 6.61 Å². The summed E-state index contributed by atoms with van der Waals surface area (Å²) in [6, 6.07) is 19.7. The molecule has 3 rings (SSSR count). The topological polar surface area (TPSA) is 38.3 Å². The largest absolute Gasteiger partial charge is 0.484 e. The quantitative estimate of drug-likeness (QED) is 0.763. The van der Waals surface area contributed by atoms with E-state index in [-0.39, 0.29) is 18.6 Å². The Morgan fingerprint density at radius 2 is 1.83 bits per heavy atom. The molecule has 4 heteroatoms. The number of hydrogen-bond donors (Lipinski definition) is 1. The summed E-state index contributed by atoms with van der Waals surface area (Å²) in [4.78, 5) is 12.1. The summed E-state index contributed by atoms with van der Waals surface area (Å²) in [6.45, 7) is 1.78. The normalized spacial score (nSPS) is 11.9. The molecule has 1 unspecified atom stereocenters. The van der Waals surface area contributed by atoms with Crippen molar-refractivity contribution in [3.63, 3.8) is 0 Å². The fourth-order valence-electron chi connectivity index (χ4n) is 2.69. The maximum atomic E-state index is 13.1. The zero-order valence-electron chi connectivity index (χ0n) is 13.3. The van der Waals surface area contributed by atoms with Gasteiger partial charge < -0.3 is 10.1 Å². The van der Waals surface area contributed by atoms with Crippen molar-refractivity contribution in [1.82, 2.24) is 5.32 Å². The molecule has 3 aromatic carbocycles. The predicted molar refractivity (Wildman–Crippen MR) is 92.4 cm³/mol. The van der Waals surface area contributed by atoms with Gasteiger partial charge in [-0.25, -0.2) is 4.39 Å². The Balaban J connectivity index is 1.65. The third kappa shape index (κ3) is 3.71. The van der Waals surface area contributed by atoms with E-state index < -0.39 is 5.82 Å². The average Bonchev–Trinajstić information content (AvgIpc) is 2.59. The molecule has 1 N–H and O–H groups in total. The Bertz CT molecular complexity index is 858. The van der Waals surface area contributed by atoms with E-state index in [1.807, 2.05) is 49.4 Å². The van der Waals surface area contributed by atoms with Crippen LogP contribution in [0.3, 0.4) is 0 Å². The second kappa shape index (κ2) is 7.13. The number of fused-ring (bicyclic) bond motifs is 1. The number of rotatable bonds is 5. The van der Waals surface area contributed by atoms with Gasteiger partial charge in [-0.05, 0) is 35.4 Å². The summed E-state index contributed by atoms with van der Waals surface area (Å²) in [7, 11) is 0. The molecule has 0 radical (unpaired) electrons. The van der Waals surface area contributed by atoms with Gasteiger partial charge in [-0.1, -0.05) is 48.5 Å². The summed E-state index contributed by atoms with van der Waals surface area (Å²) in [6.07, 6.45) is 0. The number of amides is 1. The van der Waals surface area contributed by atoms with Gasteiger partial charge in [0.05, 0.1) is 6.04 Å². The minimum absolute atomic E-state index is 0.153. The number of carbonyl (C=O) groups is 1. The van der Waals surface area contributed by atoms with Crippen molar-refractivity contribution >= 4 is 16.7 Å². The molecule has 0 aliphatic heterocycles. The van der Waals surface area contributed by atoms with Crippen LogP contribution in [0.1, 0.15) is 18.5 Å². The molecule has 1 atom stereocenters. The van der Waals surface area contributed by atoms with Gasteiger partial charge in [-0.3, -0.25) is 4.79 Å². The lowest BCUT2D eigenvalue weighted by atomic mass is 10.00. The molecular weight excluding hydrogens is 305 g/mol. The molecule has 24 heavy (non-hydrogen) atoms. The van der Waals surface area contributed by atoms with E-state index in [1.54, 1.807) is 12.1 Å². The molecule has 0 fully saturated rings. The van der Waals surface area contributed by atoms with Crippen LogP contribution in [0.5, 0.6) is 5.75 Å². The first-order valence-corrected chi connectivity index (χ1v) is 7.79. The minimum Gasteiger partial charge on any atom is -0.484 e. The highest BCUT2D eigenvalue weighted by Gasteiger charge is 2.12. The van der Waals surface area contributed by atoms with Crippen LogP contribution in [-0.4, -0.2) is 12.5 Å². The van der Waals surface area contributed by atoms with Gasteiger partial charge in [0.25, 0.3) is 5.91 Å². The molecule has 122 valence electrons. The molecule has 3 nitrogen and oxygen atoms in total. The molecule has 0 bridgehead atoms. The highest BCUT2D eigenvalue weighted by atomic mass is 19.1. The summed E-state index contributed by atoms with van der Waals surface area (Å²) < 4.78 is 18.4. The number of halogens is 1. The van der Waals surface area contributed by atoms with E-state index in [0.717, 1.165) is 16.3 Å². The van der Waals surface area contributed by atoms with Crippen molar-refractivity contribution in [3.8, 4) is 5.75 Å². The monoisotopic (exact) mass is 323 g/mol. The first-order valence-electron chi connectivity index (χ1n) is 7.79. The van der Waals surface area contributed by atoms with Crippen LogP contribution in [0.15, 0.2) is 66.7 Å². The zero-order valence-corrected chi connectivity index (χ0v) is 13.3. The molecule has 0 aliphatic rings. The van der Waals surface area contributed by atoms with Gasteiger partial charge in [0, 0.05) is 6.07 Å². The lowest BCUT2D eigenvalue weighted by molar-refractivity contribution is -0.123. The standard InChI is InChI=1S/C20H18FNO2/c1-14(18-11-4-7-15-6-2-3-10-19(15)18)22-20(23)13-24-17-9-5-8-16(21)12-17/h2-12,14H,13H2,1H3,(H,22,23). The van der Waals surface area contributed by atoms with Crippen LogP contribution in [0.4, 0.5) is 4.39 Å². The van der Waals surface area contributed by atoms with Gasteiger partial charge >= 0.3 is 0 Å². The van der Waals surface area contributed by atoms with Gasteiger partial charge in [-0.15, -0.1) is 0 Å². The summed E-state index contributed by atoms with van der Waals surface area (Å²) in [5, 5.41) is 5.16. The highest BCUT2D eigenvalue weighted by Crippen LogP contribution is 2.24. The second-order valence-electron chi connectivity index (χ2n) is 5.60. The van der Waals surface area contributed by atoms with E-state index in [1.165, 1.54) is 12.1 Å². The average molecular weight is 323 g/mol. The summed E-state index contributed by atoms with van der Waals surface area (Å²) >= 11 is 0. The van der Waals surface area contributed by atoms with E-state index in [9.17, 15) is 9.18 Å². The Hall–Kier alpha value is -2.88. The predicted octanol–water partition coefficient (Wildman–Crippen LogP) is 4.24. The highest BCUT2D eigenvalue weighted by molar-refractivity contribution is 5.87. The molecule has 1 amide bonds. The van der Waals surface area contributed by atoms with E-state index in [0.29, 0.717) is 5.75 Å². The number of hydrogen-bond acceptors (Lipinski definition) is 2. The fraction of sp³-hybridized carbons (Fsp3) is 0.150. The lowest BCUT2D eigenvalue weighted by Crippen LogP contribution is -2.31. The van der Waals surface area contributed by atoms with Gasteiger partial charge in [0.15, 0.2) is 6.61 Å². The molecule has 0 aromatic heterocycles. The van der Waals surface area contributed by atoms with Gasteiger partial charge in [0.1, 0.15) is 11.6 Å². The van der Waals surface area contributed by atoms with Crippen LogP contribution >= 0.6 is 0 Å². The SMILES string of the molecule is CC(NC(=O)COc1cccc(F)c1)c1cccc2ccccc12. The zero-order chi connectivity index (χ0) is 16.9. The Morgan fingerprint density at radius 3 is 2.67 bits per heavy atom. The summed E-state index contributed by atoms with van der Waals surface area (Å²) in [5.41, 5.74) is 1.05. The van der Waals surface area contributed by atoms with Crippen molar-refractivity contribution in [2.45, 2.75) is 13.0 Å². The van der Waals surface area contributed by atoms with Crippen LogP contribution in [-0.2, 0) is 4.79 Å². The van der Waals surface area contributed by atoms with Crippen LogP contribution in [0.2, 0.25) is 0 Å². The van der Waals surface area contributed by atoms with Gasteiger partial charge in [0.2, 0.25) is 0 Å². The maximum absolute atomic E-state index is 13.1. The first-order chi connectivity index (χ1) is 11.6. The molecule has 0 heterocycles. The van der Waals surface area contributed by atoms with E-state index in [2.05, 4.69) is 5.32 Å². The molecule has 0 saturated heterocycles. The fourth-order valence-corrected chi connectivity index (χ4v) is 2.69. The third-order valence-corrected chi connectivity index (χ3v) is 3.83. The molecule has 3 aromatic rings. The molecule has 0 spiro atoms. The maximum Gasteiger partial charge on any atom is 0.258 e. The smallest absolute Gasteiger partial charge is 0.258 e. The number of benzene rings is 3. The third-order valence-electron chi connectivity index (χ3n) is 3.83. The Morgan fingerprint density at radius 1 is 1.08 bits per heavy atom. The number of carbonyl (C=O) groups excluding carboxylic acids is 1. The first kappa shape index (κ1) is 16.0. The Kier molecular flexibility index (Phi) is 4.75. The number of nitrogens with one attached hydrogen (secondary N) is 1. The molecule has 0 saturated carbocycles. The van der Waals surface area contributed by atoms with E-state index >= 15 is 0 Å². The van der Waals surface area contributed by atoms with Crippen LogP contribution < -0.4 is 10.1 Å². The molecular formula is C20H18FNO2. The van der Waals surface area contributed by atoms with Gasteiger partial charge in [-0.2, -0.15) is 0 Å². The lowest BCUT2D eigenvalue weighted by Gasteiger charge is -2.17. The molecule has 0 aliphatic carbocycles. The van der Waals surface area contributed by atoms with Crippen molar-refractivity contribution in [2.24, 2.45) is 0 Å². The van der Waals surface area contributed by atoms with E-state index in [4.69, 9.17) is 4.74 Å². The number of ether oxygens (including phenoxy) is 1.